The maximum Gasteiger partial charge on any atom is 0.325 e. The first kappa shape index (κ1) is 12.9. The molecule has 0 heterocycles. The van der Waals surface area contributed by atoms with Gasteiger partial charge in [-0.1, -0.05) is 18.3 Å². The van der Waals surface area contributed by atoms with E-state index >= 15 is 0 Å². The average molecular weight is 303 g/mol. The van der Waals surface area contributed by atoms with Crippen LogP contribution in [0.3, 0.4) is 0 Å². The number of carbonyl (C=O) groups is 1. The fraction of sp³-hybridized carbons (Fsp3) is 0.200. The molecule has 0 aliphatic heterocycles. The standard InChI is InChI=1S/C10H11BrN2O2S/c1-15-8(14)5-13-7-4-2-3-6(11)9(7)10(12)16/h2-4,13H,5H2,1H3,(H2,12,16). The number of nitrogens with two attached hydrogens (primary N) is 1. The number of rotatable bonds is 4. The van der Waals surface area contributed by atoms with E-state index in [1.54, 1.807) is 6.07 Å². The Balaban J connectivity index is 2.91. The summed E-state index contributed by atoms with van der Waals surface area (Å²) in [6.45, 7) is 0.0720. The third kappa shape index (κ3) is 3.18. The molecule has 0 spiro atoms. The van der Waals surface area contributed by atoms with Crippen molar-refractivity contribution in [2.45, 2.75) is 0 Å². The molecule has 0 unspecified atom stereocenters. The number of nitrogens with one attached hydrogen (secondary N) is 1. The lowest BCUT2D eigenvalue weighted by molar-refractivity contribution is -0.138. The van der Waals surface area contributed by atoms with Crippen LogP contribution in [-0.4, -0.2) is 24.6 Å². The van der Waals surface area contributed by atoms with Crippen LogP contribution in [0.4, 0.5) is 5.69 Å². The fourth-order valence-corrected chi connectivity index (χ4v) is 2.09. The van der Waals surface area contributed by atoms with Crippen LogP contribution in [0.5, 0.6) is 0 Å². The molecule has 0 amide bonds. The zero-order chi connectivity index (χ0) is 12.1. The normalized spacial score (nSPS) is 9.62. The van der Waals surface area contributed by atoms with Gasteiger partial charge in [-0.15, -0.1) is 0 Å². The van der Waals surface area contributed by atoms with E-state index in [1.807, 2.05) is 12.1 Å². The number of ether oxygens (including phenoxy) is 1. The van der Waals surface area contributed by atoms with Crippen LogP contribution in [0.25, 0.3) is 0 Å². The first-order valence-corrected chi connectivity index (χ1v) is 5.65. The van der Waals surface area contributed by atoms with Gasteiger partial charge >= 0.3 is 5.97 Å². The molecule has 1 rings (SSSR count). The number of halogens is 1. The molecule has 1 aromatic rings. The number of esters is 1. The first-order valence-electron chi connectivity index (χ1n) is 4.45. The molecule has 0 saturated carbocycles. The fourth-order valence-electron chi connectivity index (χ4n) is 1.16. The lowest BCUT2D eigenvalue weighted by Gasteiger charge is -2.11. The van der Waals surface area contributed by atoms with Crippen molar-refractivity contribution in [3.63, 3.8) is 0 Å². The molecule has 0 atom stereocenters. The highest BCUT2D eigenvalue weighted by Gasteiger charge is 2.10. The van der Waals surface area contributed by atoms with Crippen LogP contribution in [0.2, 0.25) is 0 Å². The van der Waals surface area contributed by atoms with Gasteiger partial charge in [-0.2, -0.15) is 0 Å². The number of benzene rings is 1. The van der Waals surface area contributed by atoms with Crippen LogP contribution >= 0.6 is 28.1 Å². The number of hydrogen-bond acceptors (Lipinski definition) is 4. The zero-order valence-electron chi connectivity index (χ0n) is 8.62. The van der Waals surface area contributed by atoms with Gasteiger partial charge in [-0.3, -0.25) is 4.79 Å². The summed E-state index contributed by atoms with van der Waals surface area (Å²) in [5, 5.41) is 2.91. The summed E-state index contributed by atoms with van der Waals surface area (Å²) >= 11 is 8.29. The zero-order valence-corrected chi connectivity index (χ0v) is 11.0. The van der Waals surface area contributed by atoms with Gasteiger partial charge in [0.05, 0.1) is 7.11 Å². The largest absolute Gasteiger partial charge is 0.468 e. The highest BCUT2D eigenvalue weighted by Crippen LogP contribution is 2.24. The summed E-state index contributed by atoms with van der Waals surface area (Å²) in [4.78, 5) is 11.3. The molecule has 86 valence electrons. The smallest absolute Gasteiger partial charge is 0.325 e. The van der Waals surface area contributed by atoms with E-state index in [9.17, 15) is 4.79 Å². The number of methoxy groups -OCH3 is 1. The third-order valence-electron chi connectivity index (χ3n) is 1.91. The molecule has 3 N–H and O–H groups in total. The van der Waals surface area contributed by atoms with Gasteiger partial charge in [-0.25, -0.2) is 0 Å². The Morgan fingerprint density at radius 1 is 1.62 bits per heavy atom. The SMILES string of the molecule is COC(=O)CNc1cccc(Br)c1C(N)=S. The van der Waals surface area contributed by atoms with Gasteiger partial charge in [-0.05, 0) is 28.1 Å². The summed E-state index contributed by atoms with van der Waals surface area (Å²) in [5.74, 6) is -0.353. The van der Waals surface area contributed by atoms with Gasteiger partial charge in [0.15, 0.2) is 0 Å². The minimum absolute atomic E-state index is 0.0720. The molecule has 6 heteroatoms. The monoisotopic (exact) mass is 302 g/mol. The van der Waals surface area contributed by atoms with Crippen molar-refractivity contribution in [2.24, 2.45) is 5.73 Å². The Bertz CT molecular complexity index is 423. The number of thiocarbonyl (C=S) groups is 1. The summed E-state index contributed by atoms with van der Waals surface area (Å²) in [6, 6.07) is 5.45. The van der Waals surface area contributed by atoms with E-state index in [2.05, 4.69) is 26.0 Å². The molecule has 4 nitrogen and oxygen atoms in total. The average Bonchev–Trinajstić information content (AvgIpc) is 2.25. The van der Waals surface area contributed by atoms with E-state index in [-0.39, 0.29) is 17.5 Å². The summed E-state index contributed by atoms with van der Waals surface area (Å²) in [7, 11) is 1.33. The minimum atomic E-state index is -0.353. The Morgan fingerprint density at radius 2 is 2.31 bits per heavy atom. The van der Waals surface area contributed by atoms with Gasteiger partial charge in [0.1, 0.15) is 11.5 Å². The molecule has 0 saturated heterocycles. The van der Waals surface area contributed by atoms with Crippen molar-refractivity contribution in [3.05, 3.63) is 28.2 Å². The topological polar surface area (TPSA) is 64.3 Å². The van der Waals surface area contributed by atoms with Crippen LogP contribution in [-0.2, 0) is 9.53 Å². The van der Waals surface area contributed by atoms with E-state index in [4.69, 9.17) is 18.0 Å². The van der Waals surface area contributed by atoms with Crippen molar-refractivity contribution in [3.8, 4) is 0 Å². The van der Waals surface area contributed by atoms with Gasteiger partial charge < -0.3 is 15.8 Å². The van der Waals surface area contributed by atoms with Gasteiger partial charge in [0, 0.05) is 15.7 Å². The lowest BCUT2D eigenvalue weighted by atomic mass is 10.2. The molecule has 0 aliphatic carbocycles. The van der Waals surface area contributed by atoms with Crippen molar-refractivity contribution < 1.29 is 9.53 Å². The number of carbonyl (C=O) groups excluding carboxylic acids is 1. The van der Waals surface area contributed by atoms with E-state index < -0.39 is 0 Å². The lowest BCUT2D eigenvalue weighted by Crippen LogP contribution is -2.19. The Kier molecular flexibility index (Phi) is 4.70. The molecule has 0 radical (unpaired) electrons. The third-order valence-corrected chi connectivity index (χ3v) is 2.78. The summed E-state index contributed by atoms with van der Waals surface area (Å²) in [5.41, 5.74) is 6.98. The van der Waals surface area contributed by atoms with Gasteiger partial charge in [0.25, 0.3) is 0 Å². The molecule has 0 bridgehead atoms. The second-order valence-electron chi connectivity index (χ2n) is 2.96. The van der Waals surface area contributed by atoms with Crippen molar-refractivity contribution in [1.82, 2.24) is 0 Å². The molecular formula is C10H11BrN2O2S. The Labute approximate surface area is 107 Å². The van der Waals surface area contributed by atoms with Crippen LogP contribution < -0.4 is 11.1 Å². The van der Waals surface area contributed by atoms with E-state index in [0.29, 0.717) is 11.3 Å². The Hall–Kier alpha value is -1.14. The highest BCUT2D eigenvalue weighted by atomic mass is 79.9. The van der Waals surface area contributed by atoms with Crippen molar-refractivity contribution in [2.75, 3.05) is 19.0 Å². The van der Waals surface area contributed by atoms with E-state index in [0.717, 1.165) is 4.47 Å². The maximum atomic E-state index is 11.0. The second-order valence-corrected chi connectivity index (χ2v) is 4.25. The molecule has 1 aromatic carbocycles. The molecule has 0 fully saturated rings. The molecular weight excluding hydrogens is 292 g/mol. The number of hydrogen-bond donors (Lipinski definition) is 2. The summed E-state index contributed by atoms with van der Waals surface area (Å²) in [6.07, 6.45) is 0. The van der Waals surface area contributed by atoms with Crippen LogP contribution in [0, 0.1) is 0 Å². The molecule has 0 aromatic heterocycles. The predicted molar refractivity (Wildman–Crippen MR) is 70.5 cm³/mol. The van der Waals surface area contributed by atoms with Crippen molar-refractivity contribution in [1.29, 1.82) is 0 Å². The van der Waals surface area contributed by atoms with Gasteiger partial charge in [0.2, 0.25) is 0 Å². The highest BCUT2D eigenvalue weighted by molar-refractivity contribution is 9.10. The quantitative estimate of drug-likeness (QED) is 0.654. The minimum Gasteiger partial charge on any atom is -0.468 e. The first-order chi connectivity index (χ1) is 7.56. The van der Waals surface area contributed by atoms with Crippen LogP contribution in [0.1, 0.15) is 5.56 Å². The second kappa shape index (κ2) is 5.81. The Morgan fingerprint density at radius 3 is 2.88 bits per heavy atom. The predicted octanol–water partition coefficient (Wildman–Crippen LogP) is 1.67. The van der Waals surface area contributed by atoms with Crippen LogP contribution in [0.15, 0.2) is 22.7 Å². The molecule has 0 aliphatic rings. The molecule has 16 heavy (non-hydrogen) atoms. The van der Waals surface area contributed by atoms with E-state index in [1.165, 1.54) is 7.11 Å². The summed E-state index contributed by atoms with van der Waals surface area (Å²) < 4.78 is 5.31. The number of anilines is 1. The maximum absolute atomic E-state index is 11.0. The van der Waals surface area contributed by atoms with Crippen molar-refractivity contribution >= 4 is 44.8 Å².